The molecule has 2 bridgehead atoms. The Morgan fingerprint density at radius 3 is 1.87 bits per heavy atom. The van der Waals surface area contributed by atoms with Gasteiger partial charge in [0.15, 0.2) is 30.7 Å². The Hall–Kier alpha value is -9.26. The number of esters is 6. The number of aryl methyl sites for hydroxylation is 1. The number of nitrogens with one attached hydrogen (secondary N) is 2. The van der Waals surface area contributed by atoms with Crippen LogP contribution in [0.1, 0.15) is 104 Å². The van der Waals surface area contributed by atoms with E-state index in [1.54, 1.807) is 115 Å². The number of benzene rings is 4. The largest absolute Gasteiger partial charge is 0.482 e. The summed E-state index contributed by atoms with van der Waals surface area (Å²) in [5.74, 6) is -11.8. The van der Waals surface area contributed by atoms with Crippen LogP contribution in [0.3, 0.4) is 0 Å². The fourth-order valence-corrected chi connectivity index (χ4v) is 13.8. The van der Waals surface area contributed by atoms with E-state index in [9.17, 15) is 48.6 Å². The van der Waals surface area contributed by atoms with Gasteiger partial charge in [0.25, 0.3) is 5.91 Å². The molecule has 4 aliphatic rings. The summed E-state index contributed by atoms with van der Waals surface area (Å²) < 4.78 is 55.4. The van der Waals surface area contributed by atoms with Crippen LogP contribution in [0.5, 0.6) is 11.5 Å². The molecule has 2 amide bonds. The van der Waals surface area contributed by atoms with Crippen molar-refractivity contribution in [3.63, 3.8) is 0 Å². The normalized spacial score (nSPS) is 25.4. The average Bonchev–Trinajstić information content (AvgIpc) is 0.744. The second-order valence-electron chi connectivity index (χ2n) is 23.5. The monoisotopic (exact) mass is 1270 g/mol. The molecular weight excluding hydrogens is 1200 g/mol. The predicted octanol–water partition coefficient (Wildman–Crippen LogP) is 6.72. The average molecular weight is 1270 g/mol. The summed E-state index contributed by atoms with van der Waals surface area (Å²) in [6.07, 6.45) is -13.1. The topological polar surface area (TPSA) is 318 Å². The van der Waals surface area contributed by atoms with Crippen LogP contribution in [0.2, 0.25) is 0 Å². The van der Waals surface area contributed by atoms with Gasteiger partial charge in [0.1, 0.15) is 53.6 Å². The maximum absolute atomic E-state index is 16.6. The quantitative estimate of drug-likeness (QED) is 0.0300. The summed E-state index contributed by atoms with van der Waals surface area (Å²) in [4.78, 5) is 144. The maximum Gasteiger partial charge on any atom is 0.350 e. The second-order valence-corrected chi connectivity index (χ2v) is 24.5. The molecule has 0 radical (unpaired) electrons. The predicted molar refractivity (Wildman–Crippen MR) is 321 cm³/mol. The molecule has 480 valence electrons. The first-order valence-electron chi connectivity index (χ1n) is 29.4. The van der Waals surface area contributed by atoms with Crippen molar-refractivity contribution in [2.24, 2.45) is 16.7 Å². The van der Waals surface area contributed by atoms with E-state index in [2.05, 4.69) is 10.6 Å². The second kappa shape index (κ2) is 27.5. The molecule has 1 aliphatic heterocycles. The Bertz CT molecular complexity index is 3600. The third-order valence-electron chi connectivity index (χ3n) is 17.5. The Morgan fingerprint density at radius 1 is 0.725 bits per heavy atom. The zero-order chi connectivity index (χ0) is 65.6. The van der Waals surface area contributed by atoms with Crippen molar-refractivity contribution in [3.8, 4) is 11.5 Å². The van der Waals surface area contributed by atoms with Crippen LogP contribution in [0.15, 0.2) is 144 Å². The van der Waals surface area contributed by atoms with E-state index in [1.807, 2.05) is 0 Å². The Morgan fingerprint density at radius 2 is 1.32 bits per heavy atom. The van der Waals surface area contributed by atoms with Gasteiger partial charge in [0.2, 0.25) is 12.0 Å². The number of aliphatic hydroxyl groups is 1. The number of ketones is 1. The highest BCUT2D eigenvalue weighted by molar-refractivity contribution is 7.12. The van der Waals surface area contributed by atoms with Gasteiger partial charge in [0, 0.05) is 38.5 Å². The van der Waals surface area contributed by atoms with Crippen LogP contribution in [0.4, 0.5) is 0 Å². The van der Waals surface area contributed by atoms with Crippen LogP contribution >= 0.6 is 11.3 Å². The number of amides is 2. The summed E-state index contributed by atoms with van der Waals surface area (Å²) in [5.41, 5.74) is -8.33. The first kappa shape index (κ1) is 66.2. The standard InChI is InChI=1S/C67H70N2O21S/c1-37-30-31-91-56(37)61(78)68-45(28-29-49(72)73)60(77)69-53(41-20-12-8-13-21-41)55(88-51(75)35-83-44-26-18-11-19-27-44)63(80)86-46-33-67(81)59(89-62(79)42-22-14-9-15-23-42)57-65(7,58(76)54(85-39(3)70)52(38(46)2)64(67,5)6)47(32-48-66(57,36-84-48)90-40(4)71)87-50(74)34-82-43-24-16-10-17-25-43/h8-27,30-31,45-48,53-55,57,59,81H,28-29,32-36H2,1-7H3,(H,68,78)(H,69,77)(H,72,73)/t45-,46+,47+,48-,53+,54-,55-,57+,59+,65-,66+,67-/m1/s1. The molecule has 2 saturated carbocycles. The third kappa shape index (κ3) is 13.8. The molecule has 3 aliphatic carbocycles. The highest BCUT2D eigenvalue weighted by Gasteiger charge is 2.79. The van der Waals surface area contributed by atoms with Gasteiger partial charge >= 0.3 is 41.8 Å². The van der Waals surface area contributed by atoms with Gasteiger partial charge in [-0.2, -0.15) is 0 Å². The summed E-state index contributed by atoms with van der Waals surface area (Å²) in [7, 11) is 0. The van der Waals surface area contributed by atoms with E-state index in [0.29, 0.717) is 11.3 Å². The number of hydrogen-bond acceptors (Lipinski definition) is 21. The number of carbonyl (C=O) groups is 10. The number of ether oxygens (including phenoxy) is 9. The molecule has 0 spiro atoms. The van der Waals surface area contributed by atoms with Gasteiger partial charge in [-0.25, -0.2) is 19.2 Å². The maximum atomic E-state index is 16.6. The molecule has 5 aromatic rings. The zero-order valence-corrected chi connectivity index (χ0v) is 51.7. The van der Waals surface area contributed by atoms with Crippen LogP contribution in [0, 0.1) is 23.7 Å². The fourth-order valence-electron chi connectivity index (χ4n) is 12.9. The molecule has 2 heterocycles. The number of carboxylic acids is 1. The van der Waals surface area contributed by atoms with Crippen molar-refractivity contribution in [1.29, 1.82) is 0 Å². The smallest absolute Gasteiger partial charge is 0.350 e. The number of hydrogen-bond donors (Lipinski definition) is 4. The van der Waals surface area contributed by atoms with Crippen molar-refractivity contribution in [2.45, 2.75) is 134 Å². The van der Waals surface area contributed by atoms with E-state index in [0.717, 1.165) is 25.2 Å². The Balaban J connectivity index is 1.19. The van der Waals surface area contributed by atoms with E-state index >= 15 is 9.59 Å². The summed E-state index contributed by atoms with van der Waals surface area (Å²) in [6.45, 7) is 7.66. The van der Waals surface area contributed by atoms with Crippen LogP contribution in [0.25, 0.3) is 0 Å². The zero-order valence-electron chi connectivity index (χ0n) is 50.9. The number of thiophene rings is 1. The molecule has 1 aromatic heterocycles. The molecule has 9 rings (SSSR count). The fraction of sp³-hybridized carbons (Fsp3) is 0.403. The lowest BCUT2D eigenvalue weighted by molar-refractivity contribution is -0.346. The highest BCUT2D eigenvalue weighted by atomic mass is 32.1. The minimum absolute atomic E-state index is 0.00363. The Labute approximate surface area is 527 Å². The van der Waals surface area contributed by atoms with Gasteiger partial charge in [0.05, 0.1) is 28.4 Å². The molecule has 1 saturated heterocycles. The number of carbonyl (C=O) groups excluding carboxylic acids is 9. The lowest BCUT2D eigenvalue weighted by atomic mass is 9.44. The molecule has 0 unspecified atom stereocenters. The summed E-state index contributed by atoms with van der Waals surface area (Å²) in [5, 5.41) is 31.2. The van der Waals surface area contributed by atoms with Crippen LogP contribution in [-0.4, -0.2) is 143 Å². The van der Waals surface area contributed by atoms with E-state index in [4.69, 9.17) is 42.6 Å². The van der Waals surface area contributed by atoms with Gasteiger partial charge in [-0.15, -0.1) is 11.3 Å². The van der Waals surface area contributed by atoms with Crippen LogP contribution in [-0.2, 0) is 71.5 Å². The minimum atomic E-state index is -2.66. The Kier molecular flexibility index (Phi) is 20.0. The highest BCUT2D eigenvalue weighted by Crippen LogP contribution is 2.65. The van der Waals surface area contributed by atoms with Gasteiger partial charge in [-0.1, -0.05) is 98.8 Å². The van der Waals surface area contributed by atoms with Gasteiger partial charge < -0.3 is 63.5 Å². The molecular formula is C67H70N2O21S. The number of fused-ring (bicyclic) bond motifs is 5. The van der Waals surface area contributed by atoms with Gasteiger partial charge in [-0.3, -0.25) is 28.8 Å². The van der Waals surface area contributed by atoms with E-state index in [1.165, 1.54) is 52.0 Å². The number of aliphatic carboxylic acids is 1. The molecule has 24 heteroatoms. The number of Topliss-reactive ketones (excluding diaryl/α,β-unsaturated/α-hetero) is 1. The van der Waals surface area contributed by atoms with Crippen molar-refractivity contribution in [3.05, 3.63) is 165 Å². The number of para-hydroxylation sites is 2. The lowest BCUT2D eigenvalue weighted by Gasteiger charge is -2.67. The van der Waals surface area contributed by atoms with E-state index < -0.39 is 175 Å². The van der Waals surface area contributed by atoms with E-state index in [-0.39, 0.29) is 39.3 Å². The number of rotatable bonds is 23. The molecule has 91 heavy (non-hydrogen) atoms. The first-order valence-corrected chi connectivity index (χ1v) is 30.3. The summed E-state index contributed by atoms with van der Waals surface area (Å²) in [6, 6.07) is 30.1. The molecule has 12 atom stereocenters. The van der Waals surface area contributed by atoms with Crippen LogP contribution < -0.4 is 20.1 Å². The first-order chi connectivity index (χ1) is 43.3. The van der Waals surface area contributed by atoms with Crippen molar-refractivity contribution >= 4 is 70.7 Å². The third-order valence-corrected chi connectivity index (χ3v) is 18.5. The van der Waals surface area contributed by atoms with Crippen molar-refractivity contribution < 1.29 is 101 Å². The molecule has 4 aromatic carbocycles. The molecule has 23 nitrogen and oxygen atoms in total. The molecule has 4 N–H and O–H groups in total. The minimum Gasteiger partial charge on any atom is -0.482 e. The molecule has 3 fully saturated rings. The van der Waals surface area contributed by atoms with Crippen molar-refractivity contribution in [2.75, 3.05) is 19.8 Å². The summed E-state index contributed by atoms with van der Waals surface area (Å²) >= 11 is 1.08. The van der Waals surface area contributed by atoms with Gasteiger partial charge in [-0.05, 0) is 97.3 Å². The SMILES string of the molecule is CC(=O)O[C@H]1C(=O)[C@]2(C)[C@@H](OC(=O)COc3ccccc3)C[C@H]3OC[C@@]3(OC(C)=O)[C@H]2[C@H](OC(=O)c2ccccc2)[C@]2(O)C[C@H](OC(=O)[C@H](OC(=O)COc3ccccc3)[C@@H](NC(=O)[C@@H](CCC(=O)O)NC(=O)c3sccc3C)c3ccccc3)C(C)=C1C2(C)C. The number of carboxylic acid groups (broad SMARTS) is 1. The lowest BCUT2D eigenvalue weighted by Crippen LogP contribution is -2.82. The van der Waals surface area contributed by atoms with Crippen molar-refractivity contribution in [1.82, 2.24) is 10.6 Å².